The molecule has 0 atom stereocenters. The number of hydrogen-bond acceptors (Lipinski definition) is 9. The smallest absolute Gasteiger partial charge is 0.325 e. The molecule has 1 aliphatic rings. The van der Waals surface area contributed by atoms with Crippen molar-refractivity contribution < 1.29 is 19.5 Å². The highest BCUT2D eigenvalue weighted by atomic mass is 32.2. The van der Waals surface area contributed by atoms with Gasteiger partial charge in [0.25, 0.3) is 0 Å². The number of aryl methyl sites for hydroxylation is 2. The first-order valence-electron chi connectivity index (χ1n) is 10.6. The van der Waals surface area contributed by atoms with Crippen LogP contribution in [-0.2, 0) is 18.3 Å². The minimum atomic E-state index is -1.05. The first kappa shape index (κ1) is 23.8. The van der Waals surface area contributed by atoms with Crippen molar-refractivity contribution in [2.75, 3.05) is 10.6 Å². The van der Waals surface area contributed by atoms with Gasteiger partial charge in [0.1, 0.15) is 0 Å². The summed E-state index contributed by atoms with van der Waals surface area (Å²) in [5.74, 6) is -1.02. The van der Waals surface area contributed by atoms with Crippen molar-refractivity contribution in [1.29, 1.82) is 0 Å². The van der Waals surface area contributed by atoms with E-state index in [1.54, 1.807) is 19.2 Å². The number of amides is 2. The van der Waals surface area contributed by atoms with E-state index in [0.29, 0.717) is 26.3 Å². The van der Waals surface area contributed by atoms with Crippen LogP contribution in [0, 0.1) is 12.8 Å². The lowest BCUT2D eigenvalue weighted by Gasteiger charge is -2.14. The van der Waals surface area contributed by atoms with Crippen LogP contribution in [0.25, 0.3) is 0 Å². The summed E-state index contributed by atoms with van der Waals surface area (Å²) in [7, 11) is 1.67. The number of nitrogens with one attached hydrogen (secondary N) is 2. The summed E-state index contributed by atoms with van der Waals surface area (Å²) >= 11 is 2.29. The molecule has 1 aromatic carbocycles. The van der Waals surface area contributed by atoms with Crippen molar-refractivity contribution >= 4 is 51.7 Å². The molecule has 3 aromatic rings. The van der Waals surface area contributed by atoms with E-state index in [4.69, 9.17) is 0 Å². The van der Waals surface area contributed by atoms with Gasteiger partial charge in [0.05, 0.1) is 22.0 Å². The Morgan fingerprint density at radius 2 is 2.00 bits per heavy atom. The fourth-order valence-corrected chi connectivity index (χ4v) is 5.73. The second-order valence-corrected chi connectivity index (χ2v) is 10.2. The number of carbonyl (C=O) groups excluding carboxylic acids is 2. The highest BCUT2D eigenvalue weighted by molar-refractivity contribution is 8.01. The maximum atomic E-state index is 13.0. The molecule has 1 fully saturated rings. The number of ketones is 1. The van der Waals surface area contributed by atoms with Gasteiger partial charge in [-0.25, -0.2) is 14.5 Å². The van der Waals surface area contributed by atoms with Crippen LogP contribution in [0.5, 0.6) is 0 Å². The lowest BCUT2D eigenvalue weighted by Crippen LogP contribution is -2.22. The molecule has 2 amide bonds. The Morgan fingerprint density at radius 1 is 1.24 bits per heavy atom. The van der Waals surface area contributed by atoms with E-state index in [0.717, 1.165) is 42.6 Å². The zero-order valence-corrected chi connectivity index (χ0v) is 20.2. The maximum absolute atomic E-state index is 13.0. The van der Waals surface area contributed by atoms with Crippen LogP contribution in [0.2, 0.25) is 0 Å². The monoisotopic (exact) mass is 501 g/mol. The van der Waals surface area contributed by atoms with Crippen molar-refractivity contribution in [1.82, 2.24) is 25.2 Å². The molecule has 0 spiro atoms. The summed E-state index contributed by atoms with van der Waals surface area (Å²) in [6.07, 6.45) is 3.50. The normalized spacial score (nSPS) is 13.7. The van der Waals surface area contributed by atoms with Gasteiger partial charge in [-0.2, -0.15) is 0 Å². The molecule has 2 heterocycles. The molecule has 4 rings (SSSR count). The van der Waals surface area contributed by atoms with E-state index >= 15 is 0 Å². The Labute approximate surface area is 203 Å². The zero-order valence-electron chi connectivity index (χ0n) is 18.6. The molecule has 34 heavy (non-hydrogen) atoms. The number of hydrogen-bond donors (Lipinski definition) is 3. The van der Waals surface area contributed by atoms with Crippen LogP contribution in [0.1, 0.15) is 47.3 Å². The number of carboxylic acid groups (broad SMARTS) is 1. The standard InChI is InChI=1S/C21H23N7O4S2/c1-11-7-8-14(13(9-11)17(31)12-5-3-4-6-12)22-19(32)24-20-23-15(10-16(29)30)18(33-20)34-21-25-26-27-28(21)2/h7-9,12H,3-6,10H2,1-2H3,(H,29,30)(H2,22,23,24,32). The number of aliphatic carboxylic acids is 1. The molecule has 0 bridgehead atoms. The van der Waals surface area contributed by atoms with Gasteiger partial charge < -0.3 is 10.4 Å². The Morgan fingerprint density at radius 3 is 2.68 bits per heavy atom. The number of carboxylic acids is 1. The third kappa shape index (κ3) is 5.59. The van der Waals surface area contributed by atoms with Crippen LogP contribution >= 0.6 is 23.1 Å². The fraction of sp³-hybridized carbons (Fsp3) is 0.381. The third-order valence-electron chi connectivity index (χ3n) is 5.38. The van der Waals surface area contributed by atoms with Gasteiger partial charge >= 0.3 is 12.0 Å². The SMILES string of the molecule is Cc1ccc(NC(=O)Nc2nc(CC(=O)O)c(Sc3nnnn3C)s2)c(C(=O)C2CCCC2)c1. The lowest BCUT2D eigenvalue weighted by molar-refractivity contribution is -0.136. The Hall–Kier alpha value is -3.32. The van der Waals surface area contributed by atoms with Crippen LogP contribution in [-0.4, -0.2) is 48.1 Å². The van der Waals surface area contributed by atoms with E-state index in [1.807, 2.05) is 13.0 Å². The first-order chi connectivity index (χ1) is 16.3. The number of tetrazole rings is 1. The van der Waals surface area contributed by atoms with Gasteiger partial charge in [-0.3, -0.25) is 14.9 Å². The van der Waals surface area contributed by atoms with Crippen LogP contribution in [0.3, 0.4) is 0 Å². The second kappa shape index (κ2) is 10.3. The van der Waals surface area contributed by atoms with E-state index in [2.05, 4.69) is 31.1 Å². The highest BCUT2D eigenvalue weighted by Gasteiger charge is 2.26. The number of urea groups is 1. The van der Waals surface area contributed by atoms with Crippen molar-refractivity contribution in [2.24, 2.45) is 13.0 Å². The van der Waals surface area contributed by atoms with Crippen molar-refractivity contribution in [3.63, 3.8) is 0 Å². The molecule has 178 valence electrons. The summed E-state index contributed by atoms with van der Waals surface area (Å²) in [6, 6.07) is 4.78. The quantitative estimate of drug-likeness (QED) is 0.392. The number of anilines is 2. The summed E-state index contributed by atoms with van der Waals surface area (Å²) in [5, 5.41) is 26.5. The van der Waals surface area contributed by atoms with Crippen molar-refractivity contribution in [3.8, 4) is 0 Å². The van der Waals surface area contributed by atoms with Gasteiger partial charge in [-0.15, -0.1) is 5.10 Å². The molecule has 0 unspecified atom stereocenters. The van der Waals surface area contributed by atoms with Gasteiger partial charge in [0.2, 0.25) is 5.16 Å². The number of aromatic nitrogens is 5. The van der Waals surface area contributed by atoms with E-state index < -0.39 is 12.0 Å². The zero-order chi connectivity index (χ0) is 24.2. The number of rotatable bonds is 8. The van der Waals surface area contributed by atoms with E-state index in [9.17, 15) is 19.5 Å². The lowest BCUT2D eigenvalue weighted by atomic mass is 9.94. The van der Waals surface area contributed by atoms with E-state index in [1.165, 1.54) is 16.4 Å². The highest BCUT2D eigenvalue weighted by Crippen LogP contribution is 2.36. The molecule has 11 nitrogen and oxygen atoms in total. The number of benzene rings is 1. The maximum Gasteiger partial charge on any atom is 0.325 e. The van der Waals surface area contributed by atoms with E-state index in [-0.39, 0.29) is 23.3 Å². The molecule has 1 aliphatic carbocycles. The number of carbonyl (C=O) groups is 3. The summed E-state index contributed by atoms with van der Waals surface area (Å²) < 4.78 is 2.01. The van der Waals surface area contributed by atoms with Gasteiger partial charge in [-0.1, -0.05) is 35.8 Å². The average Bonchev–Trinajstić information content (AvgIpc) is 3.52. The molecular weight excluding hydrogens is 478 g/mol. The summed E-state index contributed by atoms with van der Waals surface area (Å²) in [6.45, 7) is 1.90. The van der Waals surface area contributed by atoms with Crippen LogP contribution < -0.4 is 10.6 Å². The Balaban J connectivity index is 1.51. The largest absolute Gasteiger partial charge is 0.481 e. The Kier molecular flexibility index (Phi) is 7.22. The van der Waals surface area contributed by atoms with Crippen LogP contribution in [0.4, 0.5) is 15.6 Å². The predicted octanol–water partition coefficient (Wildman–Crippen LogP) is 3.77. The molecule has 13 heteroatoms. The first-order valence-corrected chi connectivity index (χ1v) is 12.3. The van der Waals surface area contributed by atoms with Crippen molar-refractivity contribution in [3.05, 3.63) is 35.0 Å². The van der Waals surface area contributed by atoms with Gasteiger partial charge in [0, 0.05) is 18.5 Å². The number of Topliss-reactive ketones (excluding diaryl/α,β-unsaturated/α-hetero) is 1. The summed E-state index contributed by atoms with van der Waals surface area (Å²) in [4.78, 5) is 41.3. The molecular formula is C21H23N7O4S2. The average molecular weight is 502 g/mol. The summed E-state index contributed by atoms with van der Waals surface area (Å²) in [5.41, 5.74) is 2.17. The fourth-order valence-electron chi connectivity index (χ4n) is 3.75. The molecule has 3 N–H and O–H groups in total. The molecule has 0 radical (unpaired) electrons. The van der Waals surface area contributed by atoms with Gasteiger partial charge in [0.15, 0.2) is 10.9 Å². The minimum absolute atomic E-state index is 0.0161. The van der Waals surface area contributed by atoms with Crippen LogP contribution in [0.15, 0.2) is 27.6 Å². The molecule has 0 aliphatic heterocycles. The van der Waals surface area contributed by atoms with Crippen molar-refractivity contribution in [2.45, 2.75) is 48.4 Å². The third-order valence-corrected chi connectivity index (χ3v) is 7.64. The van der Waals surface area contributed by atoms with Gasteiger partial charge in [-0.05, 0) is 54.1 Å². The number of thiazole rings is 1. The molecule has 0 saturated heterocycles. The Bertz CT molecular complexity index is 1230. The predicted molar refractivity (Wildman–Crippen MR) is 126 cm³/mol. The topological polar surface area (TPSA) is 152 Å². The second-order valence-electron chi connectivity index (χ2n) is 7.98. The molecule has 1 saturated carbocycles. The number of nitrogens with zero attached hydrogens (tertiary/aromatic N) is 5. The minimum Gasteiger partial charge on any atom is -0.481 e. The molecule has 2 aromatic heterocycles.